The predicted molar refractivity (Wildman–Crippen MR) is 44.6 cm³/mol. The second-order valence-corrected chi connectivity index (χ2v) is 3.40. The summed E-state index contributed by atoms with van der Waals surface area (Å²) in [6.45, 7) is 5.35. The van der Waals surface area contributed by atoms with Crippen LogP contribution >= 0.6 is 0 Å². The Morgan fingerprint density at radius 2 is 2.40 bits per heavy atom. The van der Waals surface area contributed by atoms with Crippen LogP contribution in [0.5, 0.6) is 0 Å². The fraction of sp³-hybridized carbons (Fsp3) is 0.778. The minimum Gasteiger partial charge on any atom is -0.330 e. The summed E-state index contributed by atoms with van der Waals surface area (Å²) in [6, 6.07) is 0. The van der Waals surface area contributed by atoms with Gasteiger partial charge in [0.2, 0.25) is 0 Å². The molecule has 0 aromatic carbocycles. The van der Waals surface area contributed by atoms with Gasteiger partial charge >= 0.3 is 0 Å². The summed E-state index contributed by atoms with van der Waals surface area (Å²) >= 11 is 0. The van der Waals surface area contributed by atoms with Crippen LogP contribution in [0.3, 0.4) is 0 Å². The second kappa shape index (κ2) is 3.20. The minimum absolute atomic E-state index is 0.685. The molecule has 0 radical (unpaired) electrons. The Kier molecular flexibility index (Phi) is 2.50. The van der Waals surface area contributed by atoms with E-state index in [0.717, 1.165) is 18.4 Å². The molecular weight excluding hydrogens is 122 g/mol. The van der Waals surface area contributed by atoms with Crippen LogP contribution in [-0.2, 0) is 0 Å². The SMILES string of the molecule is CC1C=CCC1C(C)CN. The van der Waals surface area contributed by atoms with Gasteiger partial charge in [-0.15, -0.1) is 0 Å². The maximum atomic E-state index is 5.59. The smallest absolute Gasteiger partial charge is 0.00485 e. The Morgan fingerprint density at radius 1 is 1.70 bits per heavy atom. The van der Waals surface area contributed by atoms with Crippen LogP contribution in [0.1, 0.15) is 20.3 Å². The van der Waals surface area contributed by atoms with Crippen molar-refractivity contribution in [3.8, 4) is 0 Å². The van der Waals surface area contributed by atoms with Gasteiger partial charge in [-0.3, -0.25) is 0 Å². The van der Waals surface area contributed by atoms with Crippen LogP contribution in [0.15, 0.2) is 12.2 Å². The maximum Gasteiger partial charge on any atom is -0.00485 e. The van der Waals surface area contributed by atoms with Crippen molar-refractivity contribution in [2.24, 2.45) is 23.5 Å². The van der Waals surface area contributed by atoms with Crippen molar-refractivity contribution >= 4 is 0 Å². The highest BCUT2D eigenvalue weighted by Crippen LogP contribution is 2.30. The second-order valence-electron chi connectivity index (χ2n) is 3.40. The van der Waals surface area contributed by atoms with E-state index < -0.39 is 0 Å². The van der Waals surface area contributed by atoms with Crippen molar-refractivity contribution in [3.63, 3.8) is 0 Å². The molecule has 0 fully saturated rings. The first-order chi connectivity index (χ1) is 4.75. The van der Waals surface area contributed by atoms with E-state index in [4.69, 9.17) is 5.73 Å². The number of hydrogen-bond acceptors (Lipinski definition) is 1. The molecule has 10 heavy (non-hydrogen) atoms. The van der Waals surface area contributed by atoms with Gasteiger partial charge in [0.25, 0.3) is 0 Å². The summed E-state index contributed by atoms with van der Waals surface area (Å²) in [5, 5.41) is 0. The van der Waals surface area contributed by atoms with Gasteiger partial charge in [-0.1, -0.05) is 26.0 Å². The van der Waals surface area contributed by atoms with Gasteiger partial charge < -0.3 is 5.73 Å². The largest absolute Gasteiger partial charge is 0.330 e. The average Bonchev–Trinajstić information content (AvgIpc) is 2.34. The third-order valence-electron chi connectivity index (χ3n) is 2.63. The molecule has 2 N–H and O–H groups in total. The fourth-order valence-corrected chi connectivity index (χ4v) is 1.73. The summed E-state index contributed by atoms with van der Waals surface area (Å²) in [6.07, 6.45) is 5.82. The predicted octanol–water partition coefficient (Wildman–Crippen LogP) is 1.79. The Bertz CT molecular complexity index is 129. The summed E-state index contributed by atoms with van der Waals surface area (Å²) in [4.78, 5) is 0. The quantitative estimate of drug-likeness (QED) is 0.580. The summed E-state index contributed by atoms with van der Waals surface area (Å²) in [7, 11) is 0. The topological polar surface area (TPSA) is 26.0 Å². The molecule has 0 heterocycles. The van der Waals surface area contributed by atoms with Gasteiger partial charge in [-0.2, -0.15) is 0 Å². The molecule has 0 bridgehead atoms. The van der Waals surface area contributed by atoms with Crippen molar-refractivity contribution in [1.82, 2.24) is 0 Å². The minimum atomic E-state index is 0.685. The highest BCUT2D eigenvalue weighted by Gasteiger charge is 2.22. The molecule has 0 saturated heterocycles. The van der Waals surface area contributed by atoms with E-state index >= 15 is 0 Å². The van der Waals surface area contributed by atoms with Gasteiger partial charge in [0.1, 0.15) is 0 Å². The number of hydrogen-bond donors (Lipinski definition) is 1. The zero-order valence-corrected chi connectivity index (χ0v) is 6.88. The standard InChI is InChI=1S/C9H17N/c1-7-4-3-5-9(7)8(2)6-10/h3-4,7-9H,5-6,10H2,1-2H3. The van der Waals surface area contributed by atoms with Crippen LogP contribution in [0.2, 0.25) is 0 Å². The molecule has 0 spiro atoms. The number of rotatable bonds is 2. The van der Waals surface area contributed by atoms with Crippen LogP contribution < -0.4 is 5.73 Å². The zero-order chi connectivity index (χ0) is 7.56. The summed E-state index contributed by atoms with van der Waals surface area (Å²) in [5.41, 5.74) is 5.59. The lowest BCUT2D eigenvalue weighted by molar-refractivity contribution is 0.319. The van der Waals surface area contributed by atoms with E-state index in [0.29, 0.717) is 5.92 Å². The highest BCUT2D eigenvalue weighted by atomic mass is 14.6. The van der Waals surface area contributed by atoms with E-state index in [2.05, 4.69) is 26.0 Å². The van der Waals surface area contributed by atoms with Crippen LogP contribution in [0, 0.1) is 17.8 Å². The first-order valence-electron chi connectivity index (χ1n) is 4.12. The Hall–Kier alpha value is -0.300. The van der Waals surface area contributed by atoms with Gasteiger partial charge in [0.15, 0.2) is 0 Å². The third kappa shape index (κ3) is 1.40. The van der Waals surface area contributed by atoms with Crippen molar-refractivity contribution < 1.29 is 0 Å². The summed E-state index contributed by atoms with van der Waals surface area (Å²) < 4.78 is 0. The van der Waals surface area contributed by atoms with E-state index in [1.807, 2.05) is 0 Å². The van der Waals surface area contributed by atoms with Gasteiger partial charge in [-0.05, 0) is 30.7 Å². The molecule has 0 aromatic rings. The molecule has 3 unspecified atom stereocenters. The van der Waals surface area contributed by atoms with Crippen LogP contribution in [0.4, 0.5) is 0 Å². The van der Waals surface area contributed by atoms with Crippen molar-refractivity contribution in [2.45, 2.75) is 20.3 Å². The first-order valence-corrected chi connectivity index (χ1v) is 4.12. The Morgan fingerprint density at radius 3 is 2.80 bits per heavy atom. The molecule has 3 atom stereocenters. The molecular formula is C9H17N. The molecule has 1 rings (SSSR count). The molecule has 1 heteroatoms. The summed E-state index contributed by atoms with van der Waals surface area (Å²) in [5.74, 6) is 2.24. The van der Waals surface area contributed by atoms with E-state index in [1.165, 1.54) is 6.42 Å². The number of allylic oxidation sites excluding steroid dienone is 2. The molecule has 0 aromatic heterocycles. The first kappa shape index (κ1) is 7.80. The molecule has 0 saturated carbocycles. The van der Waals surface area contributed by atoms with Gasteiger partial charge in [0.05, 0.1) is 0 Å². The molecule has 0 amide bonds. The molecule has 1 aliphatic carbocycles. The lowest BCUT2D eigenvalue weighted by Gasteiger charge is -2.21. The van der Waals surface area contributed by atoms with Gasteiger partial charge in [-0.25, -0.2) is 0 Å². The van der Waals surface area contributed by atoms with E-state index in [1.54, 1.807) is 0 Å². The lowest BCUT2D eigenvalue weighted by Crippen LogP contribution is -2.22. The Labute approximate surface area is 63.3 Å². The molecule has 0 aliphatic heterocycles. The zero-order valence-electron chi connectivity index (χ0n) is 6.88. The van der Waals surface area contributed by atoms with E-state index in [9.17, 15) is 0 Å². The average molecular weight is 139 g/mol. The van der Waals surface area contributed by atoms with Crippen LogP contribution in [0.25, 0.3) is 0 Å². The maximum absolute atomic E-state index is 5.59. The molecule has 1 aliphatic rings. The number of nitrogens with two attached hydrogens (primary N) is 1. The van der Waals surface area contributed by atoms with Crippen molar-refractivity contribution in [3.05, 3.63) is 12.2 Å². The highest BCUT2D eigenvalue weighted by molar-refractivity contribution is 5.00. The molecule has 1 nitrogen and oxygen atoms in total. The van der Waals surface area contributed by atoms with Crippen molar-refractivity contribution in [2.75, 3.05) is 6.54 Å². The monoisotopic (exact) mass is 139 g/mol. The fourth-order valence-electron chi connectivity index (χ4n) is 1.73. The lowest BCUT2D eigenvalue weighted by atomic mass is 9.85. The van der Waals surface area contributed by atoms with E-state index in [-0.39, 0.29) is 0 Å². The third-order valence-corrected chi connectivity index (χ3v) is 2.63. The molecule has 58 valence electrons. The van der Waals surface area contributed by atoms with Gasteiger partial charge in [0, 0.05) is 0 Å². The Balaban J connectivity index is 2.42. The normalized spacial score (nSPS) is 34.7. The van der Waals surface area contributed by atoms with Crippen LogP contribution in [-0.4, -0.2) is 6.54 Å². The van der Waals surface area contributed by atoms with Crippen molar-refractivity contribution in [1.29, 1.82) is 0 Å².